The number of rotatable bonds is 4. The zero-order chi connectivity index (χ0) is 13.9. The fourth-order valence-corrected chi connectivity index (χ4v) is 3.80. The molecule has 2 aromatic heterocycles. The van der Waals surface area contributed by atoms with Crippen LogP contribution in [-0.4, -0.2) is 10.2 Å². The standard InChI is InChI=1S/C14H11BrN2OS2/c1-9(20-11-6-3-2-5-10(11)15)13-16-17-14(18-13)12-7-4-8-19-12/h2-9H,1H3. The van der Waals surface area contributed by atoms with E-state index in [4.69, 9.17) is 4.42 Å². The van der Waals surface area contributed by atoms with Crippen LogP contribution in [0.1, 0.15) is 18.1 Å². The molecule has 0 N–H and O–H groups in total. The molecule has 1 aromatic carbocycles. The Hall–Kier alpha value is -1.11. The van der Waals surface area contributed by atoms with Gasteiger partial charge < -0.3 is 4.42 Å². The van der Waals surface area contributed by atoms with Gasteiger partial charge in [-0.25, -0.2) is 0 Å². The van der Waals surface area contributed by atoms with Crippen molar-refractivity contribution in [1.29, 1.82) is 0 Å². The van der Waals surface area contributed by atoms with Crippen LogP contribution in [0.3, 0.4) is 0 Å². The van der Waals surface area contributed by atoms with E-state index < -0.39 is 0 Å². The van der Waals surface area contributed by atoms with Gasteiger partial charge >= 0.3 is 0 Å². The zero-order valence-electron chi connectivity index (χ0n) is 10.6. The monoisotopic (exact) mass is 366 g/mol. The Kier molecular flexibility index (Phi) is 4.24. The summed E-state index contributed by atoms with van der Waals surface area (Å²) in [5, 5.41) is 10.4. The van der Waals surface area contributed by atoms with Crippen molar-refractivity contribution < 1.29 is 4.42 Å². The molecule has 0 saturated carbocycles. The van der Waals surface area contributed by atoms with Gasteiger partial charge in [0.05, 0.1) is 10.1 Å². The van der Waals surface area contributed by atoms with Crippen LogP contribution in [0.15, 0.2) is 55.6 Å². The van der Waals surface area contributed by atoms with Crippen molar-refractivity contribution in [3.8, 4) is 10.8 Å². The molecule has 2 heterocycles. The van der Waals surface area contributed by atoms with Crippen LogP contribution in [0.25, 0.3) is 10.8 Å². The van der Waals surface area contributed by atoms with E-state index in [-0.39, 0.29) is 5.25 Å². The summed E-state index contributed by atoms with van der Waals surface area (Å²) in [4.78, 5) is 2.16. The van der Waals surface area contributed by atoms with Crippen LogP contribution < -0.4 is 0 Å². The average Bonchev–Trinajstić information content (AvgIpc) is 3.11. The van der Waals surface area contributed by atoms with Gasteiger partial charge in [0, 0.05) is 9.37 Å². The number of benzene rings is 1. The van der Waals surface area contributed by atoms with Gasteiger partial charge in [-0.1, -0.05) is 18.2 Å². The highest BCUT2D eigenvalue weighted by Gasteiger charge is 2.17. The summed E-state index contributed by atoms with van der Waals surface area (Å²) in [5.41, 5.74) is 0. The molecule has 6 heteroatoms. The van der Waals surface area contributed by atoms with Crippen molar-refractivity contribution in [2.45, 2.75) is 17.1 Å². The minimum absolute atomic E-state index is 0.106. The highest BCUT2D eigenvalue weighted by atomic mass is 79.9. The second-order valence-electron chi connectivity index (χ2n) is 4.11. The Balaban J connectivity index is 1.78. The van der Waals surface area contributed by atoms with Gasteiger partial charge in [0.15, 0.2) is 0 Å². The molecule has 0 amide bonds. The molecule has 0 aliphatic rings. The molecule has 0 bridgehead atoms. The van der Waals surface area contributed by atoms with E-state index in [0.29, 0.717) is 11.8 Å². The highest BCUT2D eigenvalue weighted by Crippen LogP contribution is 2.38. The first-order chi connectivity index (χ1) is 9.74. The van der Waals surface area contributed by atoms with Crippen LogP contribution in [0, 0.1) is 0 Å². The Morgan fingerprint density at radius 1 is 1.20 bits per heavy atom. The van der Waals surface area contributed by atoms with Gasteiger partial charge in [0.25, 0.3) is 5.89 Å². The second kappa shape index (κ2) is 6.11. The minimum Gasteiger partial charge on any atom is -0.419 e. The lowest BCUT2D eigenvalue weighted by molar-refractivity contribution is 0.510. The van der Waals surface area contributed by atoms with Gasteiger partial charge in [-0.3, -0.25) is 0 Å². The number of hydrogen-bond donors (Lipinski definition) is 0. The molecule has 0 saturated heterocycles. The van der Waals surface area contributed by atoms with Crippen LogP contribution in [0.2, 0.25) is 0 Å². The van der Waals surface area contributed by atoms with E-state index >= 15 is 0 Å². The first kappa shape index (κ1) is 13.9. The Morgan fingerprint density at radius 3 is 2.80 bits per heavy atom. The Labute approximate surface area is 133 Å². The summed E-state index contributed by atoms with van der Waals surface area (Å²) in [7, 11) is 0. The second-order valence-corrected chi connectivity index (χ2v) is 7.30. The molecule has 1 atom stereocenters. The maximum atomic E-state index is 5.75. The molecular weight excluding hydrogens is 356 g/mol. The van der Waals surface area contributed by atoms with Crippen LogP contribution in [0.5, 0.6) is 0 Å². The summed E-state index contributed by atoms with van der Waals surface area (Å²) in [6, 6.07) is 12.1. The molecular formula is C14H11BrN2OS2. The lowest BCUT2D eigenvalue weighted by Crippen LogP contribution is -1.89. The molecule has 3 rings (SSSR count). The number of thioether (sulfide) groups is 1. The van der Waals surface area contributed by atoms with E-state index in [2.05, 4.69) is 39.1 Å². The van der Waals surface area contributed by atoms with E-state index in [1.54, 1.807) is 23.1 Å². The van der Waals surface area contributed by atoms with Crippen molar-refractivity contribution in [3.05, 3.63) is 52.1 Å². The molecule has 0 aliphatic heterocycles. The van der Waals surface area contributed by atoms with Crippen molar-refractivity contribution in [1.82, 2.24) is 10.2 Å². The number of thiophene rings is 1. The van der Waals surface area contributed by atoms with Crippen molar-refractivity contribution >= 4 is 39.0 Å². The van der Waals surface area contributed by atoms with E-state index in [9.17, 15) is 0 Å². The van der Waals surface area contributed by atoms with Crippen LogP contribution in [-0.2, 0) is 0 Å². The lowest BCUT2D eigenvalue weighted by atomic mass is 10.4. The van der Waals surface area contributed by atoms with E-state index in [1.165, 1.54) is 0 Å². The third-order valence-electron chi connectivity index (χ3n) is 2.66. The molecule has 1 unspecified atom stereocenters. The number of hydrogen-bond acceptors (Lipinski definition) is 5. The smallest absolute Gasteiger partial charge is 0.257 e. The third kappa shape index (κ3) is 2.97. The maximum absolute atomic E-state index is 5.75. The van der Waals surface area contributed by atoms with Gasteiger partial charge in [0.1, 0.15) is 0 Å². The summed E-state index contributed by atoms with van der Waals surface area (Å²) >= 11 is 6.84. The predicted molar refractivity (Wildman–Crippen MR) is 86.0 cm³/mol. The van der Waals surface area contributed by atoms with Crippen LogP contribution >= 0.6 is 39.0 Å². The SMILES string of the molecule is CC(Sc1ccccc1Br)c1nnc(-c2cccs2)o1. The fraction of sp³-hybridized carbons (Fsp3) is 0.143. The summed E-state index contributed by atoms with van der Waals surface area (Å²) in [6.45, 7) is 2.07. The summed E-state index contributed by atoms with van der Waals surface area (Å²) < 4.78 is 6.83. The minimum atomic E-state index is 0.106. The Bertz CT molecular complexity index is 697. The molecule has 3 nitrogen and oxygen atoms in total. The fourth-order valence-electron chi connectivity index (χ4n) is 1.68. The predicted octanol–water partition coefficient (Wildman–Crippen LogP) is 5.41. The molecule has 0 spiro atoms. The maximum Gasteiger partial charge on any atom is 0.257 e. The first-order valence-electron chi connectivity index (χ1n) is 6.02. The van der Waals surface area contributed by atoms with E-state index in [1.807, 2.05) is 35.7 Å². The highest BCUT2D eigenvalue weighted by molar-refractivity contribution is 9.10. The molecule has 0 radical (unpaired) electrons. The quantitative estimate of drug-likeness (QED) is 0.578. The average molecular weight is 367 g/mol. The topological polar surface area (TPSA) is 38.9 Å². The molecule has 20 heavy (non-hydrogen) atoms. The zero-order valence-corrected chi connectivity index (χ0v) is 13.8. The number of aromatic nitrogens is 2. The largest absolute Gasteiger partial charge is 0.419 e. The van der Waals surface area contributed by atoms with Crippen LogP contribution in [0.4, 0.5) is 0 Å². The van der Waals surface area contributed by atoms with Crippen molar-refractivity contribution in [3.63, 3.8) is 0 Å². The van der Waals surface area contributed by atoms with Gasteiger partial charge in [-0.15, -0.1) is 33.3 Å². The number of halogens is 1. The normalized spacial score (nSPS) is 12.5. The molecule has 3 aromatic rings. The van der Waals surface area contributed by atoms with Crippen molar-refractivity contribution in [2.75, 3.05) is 0 Å². The van der Waals surface area contributed by atoms with Gasteiger partial charge in [-0.2, -0.15) is 0 Å². The molecule has 102 valence electrons. The molecule has 0 fully saturated rings. The third-order valence-corrected chi connectivity index (χ3v) is 5.64. The van der Waals surface area contributed by atoms with Crippen molar-refractivity contribution in [2.24, 2.45) is 0 Å². The first-order valence-corrected chi connectivity index (χ1v) is 8.58. The molecule has 0 aliphatic carbocycles. The van der Waals surface area contributed by atoms with Gasteiger partial charge in [-0.05, 0) is 46.4 Å². The lowest BCUT2D eigenvalue weighted by Gasteiger charge is -2.07. The number of nitrogens with zero attached hydrogens (tertiary/aromatic N) is 2. The summed E-state index contributed by atoms with van der Waals surface area (Å²) in [5.74, 6) is 1.24. The van der Waals surface area contributed by atoms with Gasteiger partial charge in [0.2, 0.25) is 5.89 Å². The summed E-state index contributed by atoms with van der Waals surface area (Å²) in [6.07, 6.45) is 0. The van der Waals surface area contributed by atoms with E-state index in [0.717, 1.165) is 14.2 Å². The Morgan fingerprint density at radius 2 is 2.05 bits per heavy atom.